The van der Waals surface area contributed by atoms with Gasteiger partial charge in [0.25, 0.3) is 11.6 Å². The Balaban J connectivity index is 2.39. The number of hydrazine groups is 1. The minimum Gasteiger partial charge on any atom is -0.339 e. The number of nitro groups is 1. The number of nitrogens with zero attached hydrogens (tertiary/aromatic N) is 2. The fraction of sp³-hybridized carbons (Fsp3) is 0.364. The molecule has 0 radical (unpaired) electrons. The Morgan fingerprint density at radius 2 is 2.22 bits per heavy atom. The minimum atomic E-state index is -0.561. The largest absolute Gasteiger partial charge is 0.339 e. The van der Waals surface area contributed by atoms with Gasteiger partial charge in [-0.25, -0.2) is 0 Å². The number of hydrogen-bond donors (Lipinski definition) is 2. The molecule has 0 aliphatic heterocycles. The summed E-state index contributed by atoms with van der Waals surface area (Å²) in [6.07, 6.45) is 1.90. The number of hydrogen-bond acceptors (Lipinski definition) is 5. The van der Waals surface area contributed by atoms with Crippen LogP contribution in [-0.2, 0) is 0 Å². The third-order valence-corrected chi connectivity index (χ3v) is 3.01. The summed E-state index contributed by atoms with van der Waals surface area (Å²) in [7, 11) is 1.66. The minimum absolute atomic E-state index is 0.0600. The smallest absolute Gasteiger partial charge is 0.282 e. The van der Waals surface area contributed by atoms with E-state index in [1.165, 1.54) is 18.2 Å². The monoisotopic (exact) mass is 250 g/mol. The number of rotatable bonds is 4. The normalized spacial score (nSPS) is 14.1. The number of carbonyl (C=O) groups is 1. The second-order valence-electron chi connectivity index (χ2n) is 4.28. The number of carbonyl (C=O) groups excluding carboxylic acids is 1. The van der Waals surface area contributed by atoms with E-state index in [-0.39, 0.29) is 23.2 Å². The molecule has 0 atom stereocenters. The second-order valence-corrected chi connectivity index (χ2v) is 4.28. The molecule has 1 aliphatic carbocycles. The zero-order chi connectivity index (χ0) is 13.3. The van der Waals surface area contributed by atoms with Crippen LogP contribution in [0, 0.1) is 10.1 Å². The number of anilines is 1. The summed E-state index contributed by atoms with van der Waals surface area (Å²) in [6, 6.07) is 4.35. The summed E-state index contributed by atoms with van der Waals surface area (Å²) >= 11 is 0. The van der Waals surface area contributed by atoms with Crippen LogP contribution in [0.4, 0.5) is 11.4 Å². The van der Waals surface area contributed by atoms with Gasteiger partial charge in [-0.15, -0.1) is 0 Å². The van der Waals surface area contributed by atoms with Crippen LogP contribution >= 0.6 is 0 Å². The number of amides is 1. The van der Waals surface area contributed by atoms with Crippen LogP contribution in [0.25, 0.3) is 0 Å². The van der Waals surface area contributed by atoms with Gasteiger partial charge in [0.05, 0.1) is 4.92 Å². The molecule has 1 saturated carbocycles. The molecule has 1 aliphatic rings. The number of benzene rings is 1. The number of nitrogens with two attached hydrogens (primary N) is 1. The van der Waals surface area contributed by atoms with Gasteiger partial charge in [-0.1, -0.05) is 0 Å². The van der Waals surface area contributed by atoms with E-state index in [1.807, 2.05) is 0 Å². The zero-order valence-electron chi connectivity index (χ0n) is 9.92. The molecule has 0 saturated heterocycles. The molecule has 1 aromatic rings. The van der Waals surface area contributed by atoms with E-state index < -0.39 is 4.92 Å². The Hall–Kier alpha value is -2.15. The van der Waals surface area contributed by atoms with Crippen molar-refractivity contribution in [1.82, 2.24) is 4.90 Å². The lowest BCUT2D eigenvalue weighted by Crippen LogP contribution is -2.29. The van der Waals surface area contributed by atoms with E-state index in [0.717, 1.165) is 12.8 Å². The van der Waals surface area contributed by atoms with Crippen LogP contribution in [0.2, 0.25) is 0 Å². The Morgan fingerprint density at radius 3 is 2.72 bits per heavy atom. The molecule has 7 nitrogen and oxygen atoms in total. The summed E-state index contributed by atoms with van der Waals surface area (Å²) in [6.45, 7) is 0. The van der Waals surface area contributed by atoms with Gasteiger partial charge in [-0.3, -0.25) is 20.8 Å². The van der Waals surface area contributed by atoms with Crippen molar-refractivity contribution in [3.8, 4) is 0 Å². The first kappa shape index (κ1) is 12.3. The molecule has 7 heteroatoms. The van der Waals surface area contributed by atoms with Crippen LogP contribution in [-0.4, -0.2) is 28.8 Å². The molecular formula is C11H14N4O3. The van der Waals surface area contributed by atoms with Crippen molar-refractivity contribution in [1.29, 1.82) is 0 Å². The first-order valence-electron chi connectivity index (χ1n) is 5.57. The van der Waals surface area contributed by atoms with Gasteiger partial charge in [0.2, 0.25) is 0 Å². The van der Waals surface area contributed by atoms with Gasteiger partial charge in [0.1, 0.15) is 5.56 Å². The Bertz CT molecular complexity index is 499. The molecule has 0 aromatic heterocycles. The van der Waals surface area contributed by atoms with E-state index in [4.69, 9.17) is 5.84 Å². The van der Waals surface area contributed by atoms with E-state index in [1.54, 1.807) is 11.9 Å². The van der Waals surface area contributed by atoms with Gasteiger partial charge in [0.15, 0.2) is 0 Å². The van der Waals surface area contributed by atoms with Gasteiger partial charge in [-0.05, 0) is 25.0 Å². The van der Waals surface area contributed by atoms with Crippen LogP contribution in [0.1, 0.15) is 23.2 Å². The summed E-state index contributed by atoms with van der Waals surface area (Å²) in [5, 5.41) is 10.9. The van der Waals surface area contributed by atoms with Gasteiger partial charge in [0, 0.05) is 24.8 Å². The van der Waals surface area contributed by atoms with Crippen LogP contribution in [0.5, 0.6) is 0 Å². The first-order valence-corrected chi connectivity index (χ1v) is 5.57. The van der Waals surface area contributed by atoms with Crippen LogP contribution < -0.4 is 11.3 Å². The van der Waals surface area contributed by atoms with Crippen molar-refractivity contribution in [2.45, 2.75) is 18.9 Å². The topological polar surface area (TPSA) is 102 Å². The standard InChI is InChI=1S/C11H14N4O3/c1-14(8-3-4-8)11(16)9-6-7(13-12)2-5-10(9)15(17)18/h2,5-6,8,13H,3-4,12H2,1H3. The lowest BCUT2D eigenvalue weighted by atomic mass is 10.1. The van der Waals surface area contributed by atoms with E-state index in [2.05, 4.69) is 5.43 Å². The highest BCUT2D eigenvalue weighted by atomic mass is 16.6. The molecule has 96 valence electrons. The molecule has 1 fully saturated rings. The van der Waals surface area contributed by atoms with Crippen molar-refractivity contribution >= 4 is 17.3 Å². The van der Waals surface area contributed by atoms with Crippen LogP contribution in [0.15, 0.2) is 18.2 Å². The highest BCUT2D eigenvalue weighted by Gasteiger charge is 2.33. The Morgan fingerprint density at radius 1 is 1.56 bits per heavy atom. The average Bonchev–Trinajstić information content (AvgIpc) is 3.20. The molecule has 18 heavy (non-hydrogen) atoms. The maximum Gasteiger partial charge on any atom is 0.282 e. The number of nitro benzene ring substituents is 1. The van der Waals surface area contributed by atoms with Gasteiger partial charge >= 0.3 is 0 Å². The van der Waals surface area contributed by atoms with Crippen LogP contribution in [0.3, 0.4) is 0 Å². The molecular weight excluding hydrogens is 236 g/mol. The summed E-state index contributed by atoms with van der Waals surface area (Å²) in [4.78, 5) is 24.1. The molecule has 0 spiro atoms. The summed E-state index contributed by atoms with van der Waals surface area (Å²) in [5.41, 5.74) is 2.70. The number of nitrogen functional groups attached to an aromatic ring is 1. The van der Waals surface area contributed by atoms with Crippen molar-refractivity contribution in [3.05, 3.63) is 33.9 Å². The van der Waals surface area contributed by atoms with Gasteiger partial charge < -0.3 is 10.3 Å². The molecule has 0 bridgehead atoms. The molecule has 2 rings (SSSR count). The maximum absolute atomic E-state index is 12.2. The molecule has 1 aromatic carbocycles. The van der Waals surface area contributed by atoms with Crippen molar-refractivity contribution < 1.29 is 9.72 Å². The highest BCUT2D eigenvalue weighted by molar-refractivity contribution is 5.99. The second kappa shape index (κ2) is 4.61. The lowest BCUT2D eigenvalue weighted by molar-refractivity contribution is -0.385. The quantitative estimate of drug-likeness (QED) is 0.473. The summed E-state index contributed by atoms with van der Waals surface area (Å²) in [5.74, 6) is 4.90. The van der Waals surface area contributed by atoms with Crippen molar-refractivity contribution in [2.24, 2.45) is 5.84 Å². The van der Waals surface area contributed by atoms with Crippen molar-refractivity contribution in [2.75, 3.05) is 12.5 Å². The molecule has 0 heterocycles. The fourth-order valence-electron chi connectivity index (χ4n) is 1.77. The lowest BCUT2D eigenvalue weighted by Gasteiger charge is -2.16. The van der Waals surface area contributed by atoms with Gasteiger partial charge in [-0.2, -0.15) is 0 Å². The molecule has 3 N–H and O–H groups in total. The third kappa shape index (κ3) is 2.25. The first-order chi connectivity index (χ1) is 8.54. The summed E-state index contributed by atoms with van der Waals surface area (Å²) < 4.78 is 0. The zero-order valence-corrected chi connectivity index (χ0v) is 9.92. The number of nitrogens with one attached hydrogen (secondary N) is 1. The molecule has 0 unspecified atom stereocenters. The Kier molecular flexibility index (Phi) is 3.15. The average molecular weight is 250 g/mol. The maximum atomic E-state index is 12.2. The SMILES string of the molecule is CN(C(=O)c1cc(NN)ccc1[N+](=O)[O-])C1CC1. The Labute approximate surface area is 104 Å². The molecule has 1 amide bonds. The van der Waals surface area contributed by atoms with Crippen molar-refractivity contribution in [3.63, 3.8) is 0 Å². The predicted octanol–water partition coefficient (Wildman–Crippen LogP) is 1.11. The predicted molar refractivity (Wildman–Crippen MR) is 66.0 cm³/mol. The van der Waals surface area contributed by atoms with E-state index in [9.17, 15) is 14.9 Å². The van der Waals surface area contributed by atoms with E-state index >= 15 is 0 Å². The fourth-order valence-corrected chi connectivity index (χ4v) is 1.77. The third-order valence-electron chi connectivity index (χ3n) is 3.01. The highest BCUT2D eigenvalue weighted by Crippen LogP contribution is 2.30. The van der Waals surface area contributed by atoms with E-state index in [0.29, 0.717) is 5.69 Å².